The van der Waals surface area contributed by atoms with E-state index in [9.17, 15) is 0 Å². The van der Waals surface area contributed by atoms with Crippen LogP contribution in [0.3, 0.4) is 0 Å². The SMILES string of the molecule is COc1c(C(C)(C)C)cc(C)c([SiH](C)C)c1C(C1=CCC=C1)(c1ccccc1)c1ccccc1. The molecular formula is C32H38OSi. The van der Waals surface area contributed by atoms with E-state index in [2.05, 4.69) is 126 Å². The maximum Gasteiger partial charge on any atom is 0.127 e. The summed E-state index contributed by atoms with van der Waals surface area (Å²) in [5, 5.41) is 1.51. The number of hydrogen-bond donors (Lipinski definition) is 0. The number of ether oxygens (including phenoxy) is 1. The molecule has 0 N–H and O–H groups in total. The van der Waals surface area contributed by atoms with Crippen molar-refractivity contribution < 1.29 is 4.74 Å². The molecule has 0 bridgehead atoms. The minimum Gasteiger partial charge on any atom is -0.496 e. The number of aryl methyl sites for hydroxylation is 1. The molecule has 2 heteroatoms. The van der Waals surface area contributed by atoms with Gasteiger partial charge >= 0.3 is 0 Å². The predicted molar refractivity (Wildman–Crippen MR) is 150 cm³/mol. The molecule has 1 nitrogen and oxygen atoms in total. The molecule has 3 aromatic carbocycles. The molecular weight excluding hydrogens is 428 g/mol. The first-order valence-corrected chi connectivity index (χ1v) is 15.3. The summed E-state index contributed by atoms with van der Waals surface area (Å²) < 4.78 is 6.43. The van der Waals surface area contributed by atoms with E-state index in [1.165, 1.54) is 38.6 Å². The number of rotatable bonds is 6. The summed E-state index contributed by atoms with van der Waals surface area (Å²) in [5.41, 5.74) is 7.44. The second-order valence-electron chi connectivity index (χ2n) is 10.7. The van der Waals surface area contributed by atoms with Crippen molar-refractivity contribution in [3.8, 4) is 5.75 Å². The lowest BCUT2D eigenvalue weighted by Crippen LogP contribution is -2.42. The molecule has 0 saturated heterocycles. The van der Waals surface area contributed by atoms with Crippen LogP contribution in [0.1, 0.15) is 55.0 Å². The number of allylic oxidation sites excluding steroid dienone is 4. The van der Waals surface area contributed by atoms with Crippen molar-refractivity contribution >= 4 is 14.0 Å². The Hall–Kier alpha value is -2.84. The zero-order chi connectivity index (χ0) is 24.5. The van der Waals surface area contributed by atoms with E-state index in [1.54, 1.807) is 0 Å². The molecule has 0 aromatic heterocycles. The quantitative estimate of drug-likeness (QED) is 0.275. The predicted octanol–water partition coefficient (Wildman–Crippen LogP) is 7.22. The first-order valence-electron chi connectivity index (χ1n) is 12.4. The molecule has 4 rings (SSSR count). The summed E-state index contributed by atoms with van der Waals surface area (Å²) >= 11 is 0. The van der Waals surface area contributed by atoms with E-state index < -0.39 is 14.2 Å². The Bertz CT molecular complexity index is 1170. The van der Waals surface area contributed by atoms with Crippen LogP contribution in [0.4, 0.5) is 0 Å². The molecule has 3 aromatic rings. The molecule has 0 unspecified atom stereocenters. The van der Waals surface area contributed by atoms with Crippen molar-refractivity contribution in [3.63, 3.8) is 0 Å². The van der Waals surface area contributed by atoms with Gasteiger partial charge in [0, 0.05) is 11.1 Å². The maximum absolute atomic E-state index is 6.43. The third-order valence-electron chi connectivity index (χ3n) is 7.11. The number of methoxy groups -OCH3 is 1. The van der Waals surface area contributed by atoms with Crippen LogP contribution in [0, 0.1) is 6.92 Å². The second-order valence-corrected chi connectivity index (χ2v) is 13.6. The Balaban J connectivity index is 2.31. The highest BCUT2D eigenvalue weighted by atomic mass is 28.3. The molecule has 0 amide bonds. The lowest BCUT2D eigenvalue weighted by atomic mass is 9.63. The summed E-state index contributed by atoms with van der Waals surface area (Å²) in [6.45, 7) is 14.1. The fourth-order valence-electron chi connectivity index (χ4n) is 5.74. The average molecular weight is 467 g/mol. The fraction of sp³-hybridized carbons (Fsp3) is 0.312. The molecule has 34 heavy (non-hydrogen) atoms. The lowest BCUT2D eigenvalue weighted by Gasteiger charge is -2.42. The van der Waals surface area contributed by atoms with E-state index in [0.29, 0.717) is 0 Å². The molecule has 0 radical (unpaired) electrons. The minimum absolute atomic E-state index is 0.0407. The first kappa shape index (κ1) is 24.3. The minimum atomic E-state index is -1.25. The van der Waals surface area contributed by atoms with Gasteiger partial charge in [0.2, 0.25) is 0 Å². The third-order valence-corrected chi connectivity index (χ3v) is 9.01. The van der Waals surface area contributed by atoms with Crippen LogP contribution in [0.25, 0.3) is 0 Å². The molecule has 0 saturated carbocycles. The third kappa shape index (κ3) is 3.99. The van der Waals surface area contributed by atoms with Gasteiger partial charge < -0.3 is 4.74 Å². The van der Waals surface area contributed by atoms with Crippen LogP contribution in [-0.4, -0.2) is 15.9 Å². The zero-order valence-corrected chi connectivity index (χ0v) is 22.9. The Morgan fingerprint density at radius 2 is 1.41 bits per heavy atom. The standard InChI is InChI=1S/C32H38OSi/c1-23-22-27(31(2,3)4)29(33-5)28(30(23)34(6)7)32(26-20-14-15-21-26,24-16-10-8-11-17-24)25-18-12-9-13-19-25/h8-14,16-22,34H,15H2,1-7H3. The molecule has 0 aliphatic heterocycles. The highest BCUT2D eigenvalue weighted by Gasteiger charge is 2.45. The van der Waals surface area contributed by atoms with Crippen LogP contribution in [0.2, 0.25) is 13.1 Å². The van der Waals surface area contributed by atoms with Gasteiger partial charge in [0.05, 0.1) is 21.3 Å². The lowest BCUT2D eigenvalue weighted by molar-refractivity contribution is 0.388. The van der Waals surface area contributed by atoms with E-state index in [0.717, 1.165) is 12.2 Å². The molecule has 0 atom stereocenters. The van der Waals surface area contributed by atoms with Crippen molar-refractivity contribution in [1.82, 2.24) is 0 Å². The van der Waals surface area contributed by atoms with Crippen molar-refractivity contribution in [2.45, 2.75) is 58.0 Å². The summed E-state index contributed by atoms with van der Waals surface area (Å²) in [5.74, 6) is 1.04. The summed E-state index contributed by atoms with van der Waals surface area (Å²) in [6, 6.07) is 24.5. The summed E-state index contributed by atoms with van der Waals surface area (Å²) in [7, 11) is 0.611. The van der Waals surface area contributed by atoms with Crippen molar-refractivity contribution in [2.75, 3.05) is 7.11 Å². The van der Waals surface area contributed by atoms with Gasteiger partial charge in [-0.1, -0.05) is 130 Å². The van der Waals surface area contributed by atoms with Gasteiger partial charge in [0.15, 0.2) is 0 Å². The normalized spacial score (nSPS) is 13.9. The average Bonchev–Trinajstić information content (AvgIpc) is 3.35. The van der Waals surface area contributed by atoms with Crippen LogP contribution in [-0.2, 0) is 10.8 Å². The highest BCUT2D eigenvalue weighted by molar-refractivity contribution is 6.71. The van der Waals surface area contributed by atoms with E-state index in [4.69, 9.17) is 4.74 Å². The van der Waals surface area contributed by atoms with Crippen LogP contribution in [0.5, 0.6) is 5.75 Å². The van der Waals surface area contributed by atoms with Gasteiger partial charge in [-0.3, -0.25) is 0 Å². The first-order chi connectivity index (χ1) is 16.2. The Labute approximate surface area is 207 Å². The monoisotopic (exact) mass is 466 g/mol. The van der Waals surface area contributed by atoms with E-state index in [-0.39, 0.29) is 5.41 Å². The second kappa shape index (κ2) is 9.42. The number of benzene rings is 3. The Kier molecular flexibility index (Phi) is 6.73. The van der Waals surface area contributed by atoms with Gasteiger partial charge in [-0.2, -0.15) is 0 Å². The molecule has 0 fully saturated rings. The van der Waals surface area contributed by atoms with Crippen LogP contribution in [0.15, 0.2) is 90.5 Å². The molecule has 0 heterocycles. The molecule has 0 spiro atoms. The van der Waals surface area contributed by atoms with Gasteiger partial charge in [-0.15, -0.1) is 0 Å². The van der Waals surface area contributed by atoms with Gasteiger partial charge in [-0.05, 0) is 35.5 Å². The fourth-order valence-corrected chi connectivity index (χ4v) is 7.66. The summed E-state index contributed by atoms with van der Waals surface area (Å²) in [6.07, 6.45) is 8.00. The van der Waals surface area contributed by atoms with Gasteiger partial charge in [0.1, 0.15) is 5.75 Å². The van der Waals surface area contributed by atoms with E-state index in [1.807, 2.05) is 7.11 Å². The Morgan fingerprint density at radius 3 is 1.82 bits per heavy atom. The topological polar surface area (TPSA) is 9.23 Å². The van der Waals surface area contributed by atoms with Crippen LogP contribution < -0.4 is 9.92 Å². The molecule has 176 valence electrons. The zero-order valence-electron chi connectivity index (χ0n) is 21.8. The van der Waals surface area contributed by atoms with Crippen molar-refractivity contribution in [3.05, 3.63) is 118 Å². The molecule has 1 aliphatic rings. The maximum atomic E-state index is 6.43. The smallest absolute Gasteiger partial charge is 0.127 e. The van der Waals surface area contributed by atoms with Gasteiger partial charge in [0.25, 0.3) is 0 Å². The van der Waals surface area contributed by atoms with Crippen LogP contribution >= 0.6 is 0 Å². The number of hydrogen-bond acceptors (Lipinski definition) is 1. The van der Waals surface area contributed by atoms with E-state index >= 15 is 0 Å². The largest absolute Gasteiger partial charge is 0.496 e. The van der Waals surface area contributed by atoms with Gasteiger partial charge in [-0.25, -0.2) is 0 Å². The van der Waals surface area contributed by atoms with Crippen molar-refractivity contribution in [1.29, 1.82) is 0 Å². The van der Waals surface area contributed by atoms with Crippen molar-refractivity contribution in [2.24, 2.45) is 0 Å². The summed E-state index contributed by atoms with van der Waals surface area (Å²) in [4.78, 5) is 0. The Morgan fingerprint density at radius 1 is 0.853 bits per heavy atom. The molecule has 1 aliphatic carbocycles. The highest BCUT2D eigenvalue weighted by Crippen LogP contribution is 2.51.